The number of ether oxygens (including phenoxy) is 3. The maximum absolute atomic E-state index is 13.1. The van der Waals surface area contributed by atoms with Gasteiger partial charge in [-0.1, -0.05) is 6.07 Å². The quantitative estimate of drug-likeness (QED) is 0.461. The molecule has 2 unspecified atom stereocenters. The Kier molecular flexibility index (Phi) is 7.89. The summed E-state index contributed by atoms with van der Waals surface area (Å²) in [5.41, 5.74) is 1.38. The number of β-amino-alcohol motifs (C(OH)–C–C–N with tert-alkyl or cyclic N) is 1. The first kappa shape index (κ1) is 24.6. The second-order valence-corrected chi connectivity index (χ2v) is 8.56. The first-order valence-electron chi connectivity index (χ1n) is 11.4. The number of rotatable bonds is 9. The van der Waals surface area contributed by atoms with Crippen molar-refractivity contribution in [1.29, 1.82) is 0 Å². The number of benzene rings is 2. The molecule has 1 aromatic heterocycles. The van der Waals surface area contributed by atoms with Gasteiger partial charge in [0.15, 0.2) is 5.75 Å². The summed E-state index contributed by atoms with van der Waals surface area (Å²) < 4.78 is 35.2. The maximum Gasteiger partial charge on any atom is 0.417 e. The molecule has 4 rings (SSSR count). The standard InChI is InChI=1S/C26H29FN2O6/c1-17-3-8-23(28-26(31)35-24-10-12-32-18(24)2)25(13-17)33-16-20(30)14-29-11-9-22(15-29)34-21-6-4-19(27)5-7-21/h3-8,10,12-13,20,22,30H,9,11,14-16H2,1-2H3,(H,28,31). The van der Waals surface area contributed by atoms with Crippen LogP contribution in [0.4, 0.5) is 14.9 Å². The highest BCUT2D eigenvalue weighted by atomic mass is 19.1. The second-order valence-electron chi connectivity index (χ2n) is 8.56. The number of halogens is 1. The van der Waals surface area contributed by atoms with Crippen LogP contribution in [0.15, 0.2) is 59.2 Å². The van der Waals surface area contributed by atoms with E-state index in [-0.39, 0.29) is 18.5 Å². The van der Waals surface area contributed by atoms with Crippen LogP contribution >= 0.6 is 0 Å². The fraction of sp³-hybridized carbons (Fsp3) is 0.346. The van der Waals surface area contributed by atoms with Crippen molar-refractivity contribution in [3.63, 3.8) is 0 Å². The Hall–Kier alpha value is -3.56. The van der Waals surface area contributed by atoms with Gasteiger partial charge in [-0.3, -0.25) is 10.2 Å². The van der Waals surface area contributed by atoms with E-state index in [0.717, 1.165) is 18.5 Å². The zero-order valence-corrected chi connectivity index (χ0v) is 19.7. The molecule has 1 aliphatic heterocycles. The lowest BCUT2D eigenvalue weighted by Gasteiger charge is -2.21. The number of aryl methyl sites for hydroxylation is 2. The highest BCUT2D eigenvalue weighted by Gasteiger charge is 2.26. The van der Waals surface area contributed by atoms with E-state index in [2.05, 4.69) is 10.2 Å². The van der Waals surface area contributed by atoms with Crippen molar-refractivity contribution in [3.8, 4) is 17.2 Å². The fourth-order valence-corrected chi connectivity index (χ4v) is 3.87. The Morgan fingerprint density at radius 3 is 2.74 bits per heavy atom. The van der Waals surface area contributed by atoms with Crippen LogP contribution in [0, 0.1) is 19.7 Å². The van der Waals surface area contributed by atoms with Crippen molar-refractivity contribution in [2.45, 2.75) is 32.5 Å². The lowest BCUT2D eigenvalue weighted by molar-refractivity contribution is 0.0722. The van der Waals surface area contributed by atoms with E-state index in [1.807, 2.05) is 13.0 Å². The van der Waals surface area contributed by atoms with Gasteiger partial charge in [-0.05, 0) is 62.2 Å². The number of furan rings is 1. The van der Waals surface area contributed by atoms with Crippen molar-refractivity contribution in [3.05, 3.63) is 71.9 Å². The Balaban J connectivity index is 1.26. The van der Waals surface area contributed by atoms with Gasteiger partial charge in [-0.25, -0.2) is 9.18 Å². The number of aliphatic hydroxyl groups is 1. The van der Waals surface area contributed by atoms with E-state index in [1.165, 1.54) is 18.4 Å². The van der Waals surface area contributed by atoms with Gasteiger partial charge in [0.2, 0.25) is 0 Å². The van der Waals surface area contributed by atoms with Crippen LogP contribution in [0.3, 0.4) is 0 Å². The van der Waals surface area contributed by atoms with Crippen LogP contribution in [0.2, 0.25) is 0 Å². The first-order chi connectivity index (χ1) is 16.9. The van der Waals surface area contributed by atoms with Crippen LogP contribution in [0.5, 0.6) is 17.2 Å². The molecule has 0 aliphatic carbocycles. The van der Waals surface area contributed by atoms with Gasteiger partial charge in [0.25, 0.3) is 0 Å². The highest BCUT2D eigenvalue weighted by Crippen LogP contribution is 2.27. The van der Waals surface area contributed by atoms with Crippen LogP contribution in [0.1, 0.15) is 17.7 Å². The molecule has 9 heteroatoms. The molecular weight excluding hydrogens is 455 g/mol. The molecule has 2 atom stereocenters. The van der Waals surface area contributed by atoms with E-state index in [0.29, 0.717) is 41.8 Å². The number of likely N-dealkylation sites (tertiary alicyclic amines) is 1. The van der Waals surface area contributed by atoms with E-state index in [9.17, 15) is 14.3 Å². The zero-order valence-electron chi connectivity index (χ0n) is 19.7. The zero-order chi connectivity index (χ0) is 24.8. The third-order valence-electron chi connectivity index (χ3n) is 5.63. The van der Waals surface area contributed by atoms with Crippen LogP contribution in [-0.2, 0) is 0 Å². The largest absolute Gasteiger partial charge is 0.489 e. The molecule has 35 heavy (non-hydrogen) atoms. The summed E-state index contributed by atoms with van der Waals surface area (Å²) in [6, 6.07) is 12.9. The van der Waals surface area contributed by atoms with Crippen molar-refractivity contribution in [1.82, 2.24) is 4.90 Å². The topological polar surface area (TPSA) is 93.4 Å². The Bertz CT molecular complexity index is 1130. The van der Waals surface area contributed by atoms with E-state index < -0.39 is 12.2 Å². The van der Waals surface area contributed by atoms with E-state index in [4.69, 9.17) is 18.6 Å². The number of hydrogen-bond donors (Lipinski definition) is 2. The smallest absolute Gasteiger partial charge is 0.417 e. The second kappa shape index (κ2) is 11.2. The average molecular weight is 485 g/mol. The first-order valence-corrected chi connectivity index (χ1v) is 11.4. The van der Waals surface area contributed by atoms with E-state index >= 15 is 0 Å². The number of amides is 1. The number of nitrogens with one attached hydrogen (secondary N) is 1. The molecule has 1 aliphatic rings. The molecule has 0 bridgehead atoms. The lowest BCUT2D eigenvalue weighted by atomic mass is 10.2. The predicted octanol–water partition coefficient (Wildman–Crippen LogP) is 4.54. The minimum absolute atomic E-state index is 0.0222. The van der Waals surface area contributed by atoms with Gasteiger partial charge in [-0.2, -0.15) is 0 Å². The van der Waals surface area contributed by atoms with Crippen molar-refractivity contribution >= 4 is 11.8 Å². The van der Waals surface area contributed by atoms with Gasteiger partial charge in [-0.15, -0.1) is 0 Å². The van der Waals surface area contributed by atoms with Crippen LogP contribution in [-0.4, -0.2) is 54.5 Å². The monoisotopic (exact) mass is 484 g/mol. The minimum atomic E-state index is -0.742. The molecule has 2 aromatic carbocycles. The molecular formula is C26H29FN2O6. The molecule has 0 saturated carbocycles. The lowest BCUT2D eigenvalue weighted by Crippen LogP contribution is -2.35. The molecule has 1 saturated heterocycles. The van der Waals surface area contributed by atoms with Gasteiger partial charge < -0.3 is 23.7 Å². The van der Waals surface area contributed by atoms with Gasteiger partial charge in [0, 0.05) is 25.7 Å². The number of hydrogen-bond acceptors (Lipinski definition) is 7. The van der Waals surface area contributed by atoms with Crippen LogP contribution in [0.25, 0.3) is 0 Å². The number of carbonyl (C=O) groups excluding carboxylic acids is 1. The molecule has 8 nitrogen and oxygen atoms in total. The molecule has 1 amide bonds. The molecule has 1 fully saturated rings. The summed E-state index contributed by atoms with van der Waals surface area (Å²) in [4.78, 5) is 14.4. The maximum atomic E-state index is 13.1. The predicted molar refractivity (Wildman–Crippen MR) is 128 cm³/mol. The van der Waals surface area contributed by atoms with E-state index in [1.54, 1.807) is 37.3 Å². The molecule has 186 valence electrons. The molecule has 0 radical (unpaired) electrons. The Morgan fingerprint density at radius 1 is 1.20 bits per heavy atom. The summed E-state index contributed by atoms with van der Waals surface area (Å²) in [6.45, 7) is 5.51. The summed E-state index contributed by atoms with van der Waals surface area (Å²) in [6.07, 6.45) is 0.819. The van der Waals surface area contributed by atoms with Crippen molar-refractivity contribution in [2.75, 3.05) is 31.6 Å². The average Bonchev–Trinajstić information content (AvgIpc) is 3.43. The summed E-state index contributed by atoms with van der Waals surface area (Å²) >= 11 is 0. The molecule has 3 aromatic rings. The molecule has 0 spiro atoms. The Labute approximate surface area is 203 Å². The van der Waals surface area contributed by atoms with Gasteiger partial charge >= 0.3 is 6.09 Å². The van der Waals surface area contributed by atoms with Crippen molar-refractivity contribution in [2.24, 2.45) is 0 Å². The number of anilines is 1. The van der Waals surface area contributed by atoms with Crippen LogP contribution < -0.4 is 19.5 Å². The highest BCUT2D eigenvalue weighted by molar-refractivity contribution is 5.88. The number of nitrogens with zero attached hydrogens (tertiary/aromatic N) is 1. The molecule has 2 N–H and O–H groups in total. The summed E-state index contributed by atoms with van der Waals surface area (Å²) in [5, 5.41) is 13.2. The molecule has 2 heterocycles. The van der Waals surface area contributed by atoms with Crippen molar-refractivity contribution < 1.29 is 32.9 Å². The number of aliphatic hydroxyl groups excluding tert-OH is 1. The normalized spacial score (nSPS) is 16.6. The number of carbonyl (C=O) groups is 1. The Morgan fingerprint density at radius 2 is 2.00 bits per heavy atom. The third kappa shape index (κ3) is 6.97. The summed E-state index contributed by atoms with van der Waals surface area (Å²) in [5.74, 6) is 1.59. The fourth-order valence-electron chi connectivity index (χ4n) is 3.87. The third-order valence-corrected chi connectivity index (χ3v) is 5.63. The SMILES string of the molecule is Cc1ccc(NC(=O)Oc2ccoc2C)c(OCC(O)CN2CCC(Oc3ccc(F)cc3)C2)c1. The van der Waals surface area contributed by atoms with Gasteiger partial charge in [0.1, 0.15) is 41.9 Å². The minimum Gasteiger partial charge on any atom is -0.489 e. The van der Waals surface area contributed by atoms with Gasteiger partial charge in [0.05, 0.1) is 12.0 Å². The summed E-state index contributed by atoms with van der Waals surface area (Å²) in [7, 11) is 0.